The van der Waals surface area contributed by atoms with E-state index in [1.54, 1.807) is 42.5 Å². The smallest absolute Gasteiger partial charge is 0.183 e. The minimum atomic E-state index is -3.44. The number of nitrogens with two attached hydrogens (primary N) is 1. The van der Waals surface area contributed by atoms with Crippen molar-refractivity contribution in [3.8, 4) is 0 Å². The van der Waals surface area contributed by atoms with Gasteiger partial charge in [0.15, 0.2) is 9.84 Å². The highest BCUT2D eigenvalue weighted by Crippen LogP contribution is 2.46. The van der Waals surface area contributed by atoms with E-state index in [4.69, 9.17) is 5.73 Å². The van der Waals surface area contributed by atoms with Gasteiger partial charge in [-0.1, -0.05) is 30.3 Å². The van der Waals surface area contributed by atoms with Crippen molar-refractivity contribution in [2.75, 3.05) is 0 Å². The second kappa shape index (κ2) is 4.68. The Hall–Kier alpha value is -1.72. The summed E-state index contributed by atoms with van der Waals surface area (Å²) in [6, 6.07) is 13.7. The first-order chi connectivity index (χ1) is 9.51. The molecule has 0 radical (unpaired) electrons. The van der Waals surface area contributed by atoms with Crippen molar-refractivity contribution in [1.29, 1.82) is 0 Å². The highest BCUT2D eigenvalue weighted by atomic mass is 32.2. The van der Waals surface area contributed by atoms with Gasteiger partial charge in [-0.2, -0.15) is 0 Å². The molecular weight excluding hydrogens is 277 g/mol. The zero-order valence-corrected chi connectivity index (χ0v) is 11.4. The lowest BCUT2D eigenvalue weighted by atomic mass is 10.1. The Labute approximate surface area is 117 Å². The lowest BCUT2D eigenvalue weighted by Crippen LogP contribution is -2.15. The highest BCUT2D eigenvalue weighted by molar-refractivity contribution is 7.92. The Bertz CT molecular complexity index is 713. The molecule has 0 unspecified atom stereocenters. The molecule has 2 N–H and O–H groups in total. The summed E-state index contributed by atoms with van der Waals surface area (Å²) in [5.41, 5.74) is 6.70. The summed E-state index contributed by atoms with van der Waals surface area (Å²) in [4.78, 5) is 0.282. The van der Waals surface area contributed by atoms with Gasteiger partial charge in [0.25, 0.3) is 0 Å². The molecule has 3 nitrogen and oxygen atoms in total. The second-order valence-corrected chi connectivity index (χ2v) is 7.08. The molecular formula is C15H14FNO2S. The van der Waals surface area contributed by atoms with Crippen LogP contribution in [-0.2, 0) is 9.84 Å². The van der Waals surface area contributed by atoms with Crippen LogP contribution in [0.3, 0.4) is 0 Å². The highest BCUT2D eigenvalue weighted by Gasteiger charge is 2.57. The number of sulfone groups is 1. The van der Waals surface area contributed by atoms with E-state index in [0.29, 0.717) is 0 Å². The SMILES string of the molecule is N[C@@H]1[C@H](c2ccc(F)cc2)[C@H]1S(=O)(=O)c1ccccc1. The van der Waals surface area contributed by atoms with Crippen LogP contribution in [0.4, 0.5) is 4.39 Å². The molecule has 0 bridgehead atoms. The average molecular weight is 291 g/mol. The Morgan fingerprint density at radius 3 is 2.15 bits per heavy atom. The maximum atomic E-state index is 12.9. The van der Waals surface area contributed by atoms with E-state index >= 15 is 0 Å². The van der Waals surface area contributed by atoms with Gasteiger partial charge >= 0.3 is 0 Å². The van der Waals surface area contributed by atoms with Crippen molar-refractivity contribution in [1.82, 2.24) is 0 Å². The first-order valence-corrected chi connectivity index (χ1v) is 7.86. The number of hydrogen-bond donors (Lipinski definition) is 1. The van der Waals surface area contributed by atoms with Crippen LogP contribution >= 0.6 is 0 Å². The van der Waals surface area contributed by atoms with Gasteiger partial charge in [0.2, 0.25) is 0 Å². The molecule has 3 rings (SSSR count). The summed E-state index contributed by atoms with van der Waals surface area (Å²) in [7, 11) is -3.44. The lowest BCUT2D eigenvalue weighted by Gasteiger charge is -2.03. The Kier molecular flexibility index (Phi) is 3.11. The number of halogens is 1. The summed E-state index contributed by atoms with van der Waals surface area (Å²) in [5, 5.41) is -0.629. The Balaban J connectivity index is 1.91. The molecule has 0 amide bonds. The number of benzene rings is 2. The van der Waals surface area contributed by atoms with E-state index in [0.717, 1.165) is 5.56 Å². The average Bonchev–Trinajstić information content (AvgIpc) is 3.13. The zero-order valence-electron chi connectivity index (χ0n) is 10.6. The minimum Gasteiger partial charge on any atom is -0.326 e. The first kappa shape index (κ1) is 13.3. The molecule has 1 aliphatic rings. The van der Waals surface area contributed by atoms with Gasteiger partial charge < -0.3 is 5.73 Å². The lowest BCUT2D eigenvalue weighted by molar-refractivity contribution is 0.593. The summed E-state index contributed by atoms with van der Waals surface area (Å²) < 4.78 is 37.9. The fraction of sp³-hybridized carbons (Fsp3) is 0.200. The maximum absolute atomic E-state index is 12.9. The molecule has 0 aliphatic heterocycles. The predicted octanol–water partition coefficient (Wildman–Crippen LogP) is 2.09. The summed E-state index contributed by atoms with van der Waals surface area (Å²) in [5.74, 6) is -0.605. The quantitative estimate of drug-likeness (QED) is 0.942. The third-order valence-corrected chi connectivity index (χ3v) is 5.95. The van der Waals surface area contributed by atoms with Crippen molar-refractivity contribution >= 4 is 9.84 Å². The van der Waals surface area contributed by atoms with Gasteiger partial charge in [-0.05, 0) is 29.8 Å². The normalized spacial score (nSPS) is 25.4. The molecule has 0 spiro atoms. The fourth-order valence-electron chi connectivity index (χ4n) is 2.57. The maximum Gasteiger partial charge on any atom is 0.183 e. The third-order valence-electron chi connectivity index (χ3n) is 3.69. The molecule has 1 fully saturated rings. The van der Waals surface area contributed by atoms with E-state index in [-0.39, 0.29) is 16.6 Å². The number of hydrogen-bond acceptors (Lipinski definition) is 3. The summed E-state index contributed by atoms with van der Waals surface area (Å²) >= 11 is 0. The fourth-order valence-corrected chi connectivity index (χ4v) is 4.64. The van der Waals surface area contributed by atoms with Crippen molar-refractivity contribution in [3.63, 3.8) is 0 Å². The topological polar surface area (TPSA) is 60.2 Å². The molecule has 0 heterocycles. The second-order valence-electron chi connectivity index (χ2n) is 4.98. The van der Waals surface area contributed by atoms with Crippen LogP contribution in [0, 0.1) is 5.82 Å². The van der Waals surface area contributed by atoms with E-state index in [1.807, 2.05) is 0 Å². The third kappa shape index (κ3) is 2.13. The van der Waals surface area contributed by atoms with Gasteiger partial charge in [0.05, 0.1) is 10.1 Å². The van der Waals surface area contributed by atoms with E-state index in [2.05, 4.69) is 0 Å². The molecule has 1 saturated carbocycles. The van der Waals surface area contributed by atoms with Gasteiger partial charge in [-0.15, -0.1) is 0 Å². The van der Waals surface area contributed by atoms with Crippen LogP contribution in [0.25, 0.3) is 0 Å². The van der Waals surface area contributed by atoms with Crippen molar-refractivity contribution < 1.29 is 12.8 Å². The predicted molar refractivity (Wildman–Crippen MR) is 74.5 cm³/mol. The molecule has 20 heavy (non-hydrogen) atoms. The van der Waals surface area contributed by atoms with Crippen LogP contribution < -0.4 is 5.73 Å². The molecule has 1 aliphatic carbocycles. The summed E-state index contributed by atoms with van der Waals surface area (Å²) in [6.45, 7) is 0. The van der Waals surface area contributed by atoms with Gasteiger partial charge in [0.1, 0.15) is 5.82 Å². The number of rotatable bonds is 3. The Morgan fingerprint density at radius 2 is 1.55 bits per heavy atom. The molecule has 0 saturated heterocycles. The minimum absolute atomic E-state index is 0.263. The van der Waals surface area contributed by atoms with Crippen molar-refractivity contribution in [2.45, 2.75) is 22.1 Å². The molecule has 5 heteroatoms. The van der Waals surface area contributed by atoms with Gasteiger partial charge in [-0.25, -0.2) is 12.8 Å². The van der Waals surface area contributed by atoms with Gasteiger partial charge in [-0.3, -0.25) is 0 Å². The van der Waals surface area contributed by atoms with Gasteiger partial charge in [0, 0.05) is 12.0 Å². The molecule has 2 aromatic rings. The van der Waals surface area contributed by atoms with E-state index < -0.39 is 21.1 Å². The first-order valence-electron chi connectivity index (χ1n) is 6.32. The Morgan fingerprint density at radius 1 is 0.950 bits per heavy atom. The molecule has 0 aromatic heterocycles. The van der Waals surface area contributed by atoms with Crippen molar-refractivity contribution in [2.24, 2.45) is 5.73 Å². The largest absolute Gasteiger partial charge is 0.326 e. The van der Waals surface area contributed by atoms with Crippen LogP contribution in [0.2, 0.25) is 0 Å². The molecule has 104 valence electrons. The molecule has 2 aromatic carbocycles. The van der Waals surface area contributed by atoms with Crippen LogP contribution in [0.1, 0.15) is 11.5 Å². The monoisotopic (exact) mass is 291 g/mol. The zero-order chi connectivity index (χ0) is 14.3. The van der Waals surface area contributed by atoms with Crippen molar-refractivity contribution in [3.05, 3.63) is 66.0 Å². The molecule has 3 atom stereocenters. The van der Waals surface area contributed by atoms with Crippen LogP contribution in [0.5, 0.6) is 0 Å². The standard InChI is InChI=1S/C15H14FNO2S/c16-11-8-6-10(7-9-11)13-14(17)15(13)20(18,19)12-4-2-1-3-5-12/h1-9,13-15H,17H2/t13-,14+,15+/m0/s1. The van der Waals surface area contributed by atoms with Crippen LogP contribution in [-0.4, -0.2) is 19.7 Å². The van der Waals surface area contributed by atoms with E-state index in [1.165, 1.54) is 12.1 Å². The van der Waals surface area contributed by atoms with Crippen LogP contribution in [0.15, 0.2) is 59.5 Å². The van der Waals surface area contributed by atoms with E-state index in [9.17, 15) is 12.8 Å². The summed E-state index contributed by atoms with van der Waals surface area (Å²) in [6.07, 6.45) is 0.